The summed E-state index contributed by atoms with van der Waals surface area (Å²) in [6, 6.07) is 0. The van der Waals surface area contributed by atoms with Crippen molar-refractivity contribution in [2.75, 3.05) is 0 Å². The number of hydrogen-bond donors (Lipinski definition) is 0. The zero-order valence-corrected chi connectivity index (χ0v) is 6.85. The Bertz CT molecular complexity index is 32.6. The van der Waals surface area contributed by atoms with Gasteiger partial charge in [0.25, 0.3) is 0 Å². The van der Waals surface area contributed by atoms with Gasteiger partial charge in [0.15, 0.2) is 0 Å². The van der Waals surface area contributed by atoms with E-state index in [9.17, 15) is 0 Å². The summed E-state index contributed by atoms with van der Waals surface area (Å²) in [7, 11) is 0. The van der Waals surface area contributed by atoms with Crippen LogP contribution >= 0.6 is 23.2 Å². The van der Waals surface area contributed by atoms with Crippen molar-refractivity contribution < 1.29 is 24.3 Å². The van der Waals surface area contributed by atoms with Gasteiger partial charge in [-0.25, -0.2) is 0 Å². The van der Waals surface area contributed by atoms with Crippen LogP contribution in [0.2, 0.25) is 0 Å². The van der Waals surface area contributed by atoms with Crippen LogP contribution in [0, 0.1) is 0 Å². The van der Waals surface area contributed by atoms with Gasteiger partial charge in [0.2, 0.25) is 0 Å². The maximum atomic E-state index is 8.98. The van der Waals surface area contributed by atoms with Crippen molar-refractivity contribution in [2.24, 2.45) is 0 Å². The molecule has 4 heteroatoms. The molecule has 0 rings (SSSR count). The molecule has 1 nitrogen and oxygen atoms in total. The molecular formula is CCl2OZn+2. The number of hydrogen-bond acceptors (Lipinski definition) is 1. The van der Waals surface area contributed by atoms with Crippen LogP contribution in [0.4, 0.5) is 4.79 Å². The van der Waals surface area contributed by atoms with Gasteiger partial charge >= 0.3 is 24.2 Å². The summed E-state index contributed by atoms with van der Waals surface area (Å²) in [5, 5.41) is 0. The molecule has 0 saturated carbocycles. The van der Waals surface area contributed by atoms with Crippen LogP contribution in [0.3, 0.4) is 0 Å². The van der Waals surface area contributed by atoms with Crippen LogP contribution in [-0.4, -0.2) is 4.70 Å². The van der Waals surface area contributed by atoms with Crippen molar-refractivity contribution >= 4 is 27.9 Å². The maximum absolute atomic E-state index is 8.98. The van der Waals surface area contributed by atoms with Crippen molar-refractivity contribution in [1.82, 2.24) is 0 Å². The monoisotopic (exact) mass is 162 g/mol. The average Bonchev–Trinajstić information content (AvgIpc) is 0.811. The summed E-state index contributed by atoms with van der Waals surface area (Å²) in [5.41, 5.74) is 0. The Labute approximate surface area is 52.4 Å². The first-order chi connectivity index (χ1) is 1.73. The molecule has 0 saturated heterocycles. The minimum atomic E-state index is -0.889. The quantitative estimate of drug-likeness (QED) is 0.392. The molecule has 24 valence electrons. The van der Waals surface area contributed by atoms with Crippen molar-refractivity contribution in [2.45, 2.75) is 0 Å². The first-order valence-electron chi connectivity index (χ1n) is 0.582. The third kappa shape index (κ3) is 52.7. The van der Waals surface area contributed by atoms with E-state index in [2.05, 4.69) is 23.2 Å². The molecule has 0 bridgehead atoms. The molecular weight excluding hydrogens is 164 g/mol. The number of carbonyl (C=O) groups is 1. The summed E-state index contributed by atoms with van der Waals surface area (Å²) in [6.45, 7) is 0. The summed E-state index contributed by atoms with van der Waals surface area (Å²) >= 11 is 8.80. The third-order valence-electron chi connectivity index (χ3n) is 0. The fraction of sp³-hybridized carbons (Fsp3) is 0. The molecule has 0 atom stereocenters. The fourth-order valence-electron chi connectivity index (χ4n) is 0. The van der Waals surface area contributed by atoms with Gasteiger partial charge in [-0.1, -0.05) is 0 Å². The maximum Gasteiger partial charge on any atom is 2.00 e. The number of rotatable bonds is 0. The van der Waals surface area contributed by atoms with Gasteiger partial charge in [0, 0.05) is 0 Å². The predicted octanol–water partition coefficient (Wildman–Crippen LogP) is 1.58. The average molecular weight is 164 g/mol. The van der Waals surface area contributed by atoms with Gasteiger partial charge in [-0.05, 0) is 23.2 Å². The molecule has 0 aromatic rings. The summed E-state index contributed by atoms with van der Waals surface area (Å²) in [6.07, 6.45) is 0. The van der Waals surface area contributed by atoms with Crippen LogP contribution in [0.15, 0.2) is 0 Å². The molecule has 0 amide bonds. The van der Waals surface area contributed by atoms with Gasteiger partial charge in [-0.2, -0.15) is 0 Å². The van der Waals surface area contributed by atoms with E-state index >= 15 is 0 Å². The van der Waals surface area contributed by atoms with Crippen LogP contribution in [0.5, 0.6) is 0 Å². The van der Waals surface area contributed by atoms with Crippen LogP contribution in [0.1, 0.15) is 0 Å². The second-order valence-electron chi connectivity index (χ2n) is 0.226. The normalized spacial score (nSPS) is 5.20. The molecule has 0 aliphatic carbocycles. The topological polar surface area (TPSA) is 17.1 Å². The van der Waals surface area contributed by atoms with E-state index in [1.54, 1.807) is 0 Å². The number of carbonyl (C=O) groups excluding carboxylic acids is 1. The molecule has 0 aliphatic heterocycles. The molecule has 0 fully saturated rings. The summed E-state index contributed by atoms with van der Waals surface area (Å²) in [5.74, 6) is 0. The fourth-order valence-corrected chi connectivity index (χ4v) is 0. The molecule has 0 spiro atoms. The van der Waals surface area contributed by atoms with Gasteiger partial charge < -0.3 is 0 Å². The van der Waals surface area contributed by atoms with E-state index in [-0.39, 0.29) is 19.5 Å². The summed E-state index contributed by atoms with van der Waals surface area (Å²) < 4.78 is -0.889. The zero-order chi connectivity index (χ0) is 3.58. The Morgan fingerprint density at radius 2 is 1.40 bits per heavy atom. The minimum absolute atomic E-state index is 0. The van der Waals surface area contributed by atoms with E-state index < -0.39 is 4.70 Å². The minimum Gasteiger partial charge on any atom is -0.262 e. The van der Waals surface area contributed by atoms with E-state index in [0.29, 0.717) is 0 Å². The molecule has 0 heterocycles. The van der Waals surface area contributed by atoms with E-state index in [4.69, 9.17) is 4.79 Å². The Hall–Kier alpha value is 0.873. The van der Waals surface area contributed by atoms with Crippen LogP contribution in [0.25, 0.3) is 0 Å². The number of halogens is 2. The summed E-state index contributed by atoms with van der Waals surface area (Å²) in [4.78, 5) is 8.98. The SMILES string of the molecule is O=C(Cl)Cl.[Zn+2]. The first kappa shape index (κ1) is 9.30. The Morgan fingerprint density at radius 1 is 1.40 bits per heavy atom. The van der Waals surface area contributed by atoms with Crippen LogP contribution in [-0.2, 0) is 19.5 Å². The second kappa shape index (κ2) is 4.87. The molecule has 0 aliphatic rings. The van der Waals surface area contributed by atoms with Gasteiger partial charge in [0.05, 0.1) is 0 Å². The second-order valence-corrected chi connectivity index (χ2v) is 1.11. The molecule has 0 unspecified atom stereocenters. The van der Waals surface area contributed by atoms with Gasteiger partial charge in [-0.3, -0.25) is 4.79 Å². The standard InChI is InChI=1S/CCl2O.Zn/c2-1(3)4;/q;+2. The molecule has 0 radical (unpaired) electrons. The van der Waals surface area contributed by atoms with Crippen molar-refractivity contribution in [3.8, 4) is 0 Å². The van der Waals surface area contributed by atoms with E-state index in [1.165, 1.54) is 0 Å². The molecule has 5 heavy (non-hydrogen) atoms. The molecule has 0 aromatic heterocycles. The molecule has 0 aromatic carbocycles. The first-order valence-corrected chi connectivity index (χ1v) is 1.34. The smallest absolute Gasteiger partial charge is 0.262 e. The Kier molecular flexibility index (Phi) is 9.06. The van der Waals surface area contributed by atoms with Crippen molar-refractivity contribution in [1.29, 1.82) is 0 Å². The van der Waals surface area contributed by atoms with Gasteiger partial charge in [-0.15, -0.1) is 0 Å². The Balaban J connectivity index is 0. The van der Waals surface area contributed by atoms with Crippen LogP contribution < -0.4 is 0 Å². The Morgan fingerprint density at radius 3 is 1.40 bits per heavy atom. The van der Waals surface area contributed by atoms with E-state index in [1.807, 2.05) is 0 Å². The third-order valence-corrected chi connectivity index (χ3v) is 0. The zero-order valence-electron chi connectivity index (χ0n) is 2.37. The molecule has 0 N–H and O–H groups in total. The van der Waals surface area contributed by atoms with Crippen molar-refractivity contribution in [3.05, 3.63) is 0 Å². The van der Waals surface area contributed by atoms with Gasteiger partial charge in [0.1, 0.15) is 0 Å². The largest absolute Gasteiger partial charge is 2.00 e. The van der Waals surface area contributed by atoms with E-state index in [0.717, 1.165) is 0 Å². The van der Waals surface area contributed by atoms with Crippen molar-refractivity contribution in [3.63, 3.8) is 0 Å². The predicted molar refractivity (Wildman–Crippen MR) is 17.1 cm³/mol.